The largest absolute Gasteiger partial charge is 0.481 e. The molecule has 0 spiro atoms. The summed E-state index contributed by atoms with van der Waals surface area (Å²) in [5.41, 5.74) is 3.78. The minimum atomic E-state index is -0.720. The number of carbonyl (C=O) groups excluding carboxylic acids is 1. The highest BCUT2D eigenvalue weighted by molar-refractivity contribution is 5.84. The van der Waals surface area contributed by atoms with Gasteiger partial charge >= 0.3 is 5.97 Å². The fourth-order valence-electron chi connectivity index (χ4n) is 3.77. The summed E-state index contributed by atoms with van der Waals surface area (Å²) >= 11 is 0. The molecule has 2 rings (SSSR count). The third kappa shape index (κ3) is 6.15. The smallest absolute Gasteiger partial charge is 0.303 e. The predicted molar refractivity (Wildman–Crippen MR) is 102 cm³/mol. The molecular weight excluding hydrogens is 312 g/mol. The molecule has 25 heavy (non-hydrogen) atoms. The van der Waals surface area contributed by atoms with Crippen LogP contribution in [0.5, 0.6) is 0 Å². The molecule has 0 amide bonds. The average Bonchev–Trinajstić information content (AvgIpc) is 2.90. The third-order valence-electron chi connectivity index (χ3n) is 5.26. The van der Waals surface area contributed by atoms with Gasteiger partial charge in [0.05, 0.1) is 0 Å². The lowest BCUT2D eigenvalue weighted by Crippen LogP contribution is -2.13. The van der Waals surface area contributed by atoms with Crippen LogP contribution >= 0.6 is 0 Å². The second-order valence-electron chi connectivity index (χ2n) is 7.34. The Kier molecular flexibility index (Phi) is 7.42. The lowest BCUT2D eigenvalue weighted by atomic mass is 9.89. The molecule has 1 fully saturated rings. The van der Waals surface area contributed by atoms with Crippen LogP contribution in [-0.4, -0.2) is 16.9 Å². The van der Waals surface area contributed by atoms with E-state index in [1.807, 2.05) is 0 Å². The molecule has 1 saturated carbocycles. The SMILES string of the molecule is Cc1ccc(/C=C/C2CCC(=O)C2CCCCCCC(=O)O)c(C)c1. The number of hydrogen-bond donors (Lipinski definition) is 1. The van der Waals surface area contributed by atoms with Gasteiger partial charge < -0.3 is 5.11 Å². The van der Waals surface area contributed by atoms with Gasteiger partial charge in [-0.15, -0.1) is 0 Å². The summed E-state index contributed by atoms with van der Waals surface area (Å²) in [7, 11) is 0. The van der Waals surface area contributed by atoms with Gasteiger partial charge in [0.15, 0.2) is 0 Å². The zero-order valence-corrected chi connectivity index (χ0v) is 15.5. The van der Waals surface area contributed by atoms with Crippen molar-refractivity contribution in [2.24, 2.45) is 11.8 Å². The lowest BCUT2D eigenvalue weighted by molar-refractivity contribution is -0.137. The van der Waals surface area contributed by atoms with Crippen molar-refractivity contribution < 1.29 is 14.7 Å². The molecule has 2 atom stereocenters. The first-order chi connectivity index (χ1) is 12.0. The summed E-state index contributed by atoms with van der Waals surface area (Å²) in [5.74, 6) is 0.192. The van der Waals surface area contributed by atoms with Crippen LogP contribution < -0.4 is 0 Å². The number of hydrogen-bond acceptors (Lipinski definition) is 2. The van der Waals surface area contributed by atoms with Crippen molar-refractivity contribution in [1.29, 1.82) is 0 Å². The summed E-state index contributed by atoms with van der Waals surface area (Å²) in [4.78, 5) is 22.7. The maximum absolute atomic E-state index is 12.2. The standard InChI is InChI=1S/C22H30O3/c1-16-9-10-18(17(2)15-16)11-12-19-13-14-21(23)20(19)7-5-3-4-6-8-22(24)25/h9-12,15,19-20H,3-8,13-14H2,1-2H3,(H,24,25)/b12-11+. The Labute approximate surface area is 151 Å². The van der Waals surface area contributed by atoms with Gasteiger partial charge in [0.1, 0.15) is 5.78 Å². The number of unbranched alkanes of at least 4 members (excludes halogenated alkanes) is 3. The van der Waals surface area contributed by atoms with Crippen molar-refractivity contribution in [3.63, 3.8) is 0 Å². The van der Waals surface area contributed by atoms with E-state index >= 15 is 0 Å². The number of carboxylic acids is 1. The number of allylic oxidation sites excluding steroid dienone is 1. The molecule has 0 aliphatic heterocycles. The van der Waals surface area contributed by atoms with Crippen LogP contribution in [0.1, 0.15) is 68.1 Å². The van der Waals surface area contributed by atoms with Crippen LogP contribution in [0, 0.1) is 25.7 Å². The molecule has 3 heteroatoms. The van der Waals surface area contributed by atoms with E-state index in [-0.39, 0.29) is 12.3 Å². The van der Waals surface area contributed by atoms with E-state index in [1.165, 1.54) is 16.7 Å². The molecule has 136 valence electrons. The Morgan fingerprint density at radius 2 is 1.96 bits per heavy atom. The second-order valence-corrected chi connectivity index (χ2v) is 7.34. The molecule has 1 aliphatic carbocycles. The Hall–Kier alpha value is -1.90. The number of carboxylic acid groups (broad SMARTS) is 1. The highest BCUT2D eigenvalue weighted by atomic mass is 16.4. The van der Waals surface area contributed by atoms with Crippen LogP contribution in [0.25, 0.3) is 6.08 Å². The van der Waals surface area contributed by atoms with Crippen molar-refractivity contribution in [1.82, 2.24) is 0 Å². The van der Waals surface area contributed by atoms with Gasteiger partial charge in [-0.3, -0.25) is 9.59 Å². The van der Waals surface area contributed by atoms with E-state index in [9.17, 15) is 9.59 Å². The fourth-order valence-corrected chi connectivity index (χ4v) is 3.77. The van der Waals surface area contributed by atoms with Gasteiger partial charge in [-0.1, -0.05) is 55.2 Å². The first kappa shape index (κ1) is 19.4. The van der Waals surface area contributed by atoms with Crippen molar-refractivity contribution >= 4 is 17.8 Å². The Morgan fingerprint density at radius 3 is 2.68 bits per heavy atom. The Morgan fingerprint density at radius 1 is 1.20 bits per heavy atom. The highest BCUT2D eigenvalue weighted by Gasteiger charge is 2.32. The number of aryl methyl sites for hydroxylation is 2. The molecule has 0 saturated heterocycles. The number of benzene rings is 1. The maximum Gasteiger partial charge on any atom is 0.303 e. The molecular formula is C22H30O3. The van der Waals surface area contributed by atoms with E-state index in [2.05, 4.69) is 44.2 Å². The third-order valence-corrected chi connectivity index (χ3v) is 5.26. The summed E-state index contributed by atoms with van der Waals surface area (Å²) in [5, 5.41) is 8.65. The normalized spacial score (nSPS) is 20.5. The molecule has 1 aromatic carbocycles. The topological polar surface area (TPSA) is 54.4 Å². The van der Waals surface area contributed by atoms with E-state index in [4.69, 9.17) is 5.11 Å². The van der Waals surface area contributed by atoms with Crippen molar-refractivity contribution in [2.75, 3.05) is 0 Å². The number of Topliss-reactive ketones (excluding diaryl/α,β-unsaturated/α-hetero) is 1. The van der Waals surface area contributed by atoms with Crippen molar-refractivity contribution in [3.05, 3.63) is 41.0 Å². The summed E-state index contributed by atoms with van der Waals surface area (Å²) in [6, 6.07) is 6.46. The van der Waals surface area contributed by atoms with Crippen LogP contribution in [0.2, 0.25) is 0 Å². The van der Waals surface area contributed by atoms with Crippen molar-refractivity contribution in [2.45, 2.75) is 65.2 Å². The molecule has 0 heterocycles. The van der Waals surface area contributed by atoms with Gasteiger partial charge in [0.25, 0.3) is 0 Å². The molecule has 1 aromatic rings. The highest BCUT2D eigenvalue weighted by Crippen LogP contribution is 2.34. The molecule has 3 nitrogen and oxygen atoms in total. The summed E-state index contributed by atoms with van der Waals surface area (Å²) in [6.07, 6.45) is 11.0. The zero-order valence-electron chi connectivity index (χ0n) is 15.5. The van der Waals surface area contributed by atoms with Gasteiger partial charge in [0.2, 0.25) is 0 Å². The molecule has 2 unspecified atom stereocenters. The summed E-state index contributed by atoms with van der Waals surface area (Å²) in [6.45, 7) is 4.23. The number of rotatable bonds is 9. The van der Waals surface area contributed by atoms with Gasteiger partial charge in [-0.05, 0) is 50.2 Å². The molecule has 0 bridgehead atoms. The fraction of sp³-hybridized carbons (Fsp3) is 0.545. The van der Waals surface area contributed by atoms with Gasteiger partial charge in [0, 0.05) is 18.8 Å². The van der Waals surface area contributed by atoms with Crippen LogP contribution in [0.4, 0.5) is 0 Å². The first-order valence-corrected chi connectivity index (χ1v) is 9.47. The minimum Gasteiger partial charge on any atom is -0.481 e. The van der Waals surface area contributed by atoms with Crippen molar-refractivity contribution in [3.8, 4) is 0 Å². The van der Waals surface area contributed by atoms with E-state index in [0.29, 0.717) is 18.1 Å². The zero-order chi connectivity index (χ0) is 18.2. The lowest BCUT2D eigenvalue weighted by Gasteiger charge is -2.15. The molecule has 0 radical (unpaired) electrons. The molecule has 0 aromatic heterocycles. The maximum atomic E-state index is 12.2. The number of aliphatic carboxylic acids is 1. The average molecular weight is 342 g/mol. The first-order valence-electron chi connectivity index (χ1n) is 9.47. The monoisotopic (exact) mass is 342 g/mol. The van der Waals surface area contributed by atoms with Crippen LogP contribution in [0.15, 0.2) is 24.3 Å². The Bertz CT molecular complexity index is 630. The van der Waals surface area contributed by atoms with E-state index in [0.717, 1.165) is 38.5 Å². The van der Waals surface area contributed by atoms with Crippen LogP contribution in [0.3, 0.4) is 0 Å². The van der Waals surface area contributed by atoms with Gasteiger partial charge in [-0.25, -0.2) is 0 Å². The second kappa shape index (κ2) is 9.55. The Balaban J connectivity index is 1.84. The van der Waals surface area contributed by atoms with E-state index in [1.54, 1.807) is 0 Å². The number of ketones is 1. The minimum absolute atomic E-state index is 0.154. The molecule has 1 aliphatic rings. The number of carbonyl (C=O) groups is 2. The predicted octanol–water partition coefficient (Wildman–Crippen LogP) is 5.34. The van der Waals surface area contributed by atoms with Gasteiger partial charge in [-0.2, -0.15) is 0 Å². The molecule has 1 N–H and O–H groups in total. The quantitative estimate of drug-likeness (QED) is 0.617. The van der Waals surface area contributed by atoms with E-state index < -0.39 is 5.97 Å². The van der Waals surface area contributed by atoms with Crippen LogP contribution in [-0.2, 0) is 9.59 Å². The summed E-state index contributed by atoms with van der Waals surface area (Å²) < 4.78 is 0.